The van der Waals surface area contributed by atoms with Crippen LogP contribution in [-0.4, -0.2) is 38.4 Å². The molecule has 1 atom stereocenters. The lowest BCUT2D eigenvalue weighted by Gasteiger charge is -2.34. The fourth-order valence-corrected chi connectivity index (χ4v) is 3.34. The third-order valence-electron chi connectivity index (χ3n) is 4.51. The van der Waals surface area contributed by atoms with Gasteiger partial charge in [0.25, 0.3) is 0 Å². The average Bonchev–Trinajstić information content (AvgIpc) is 2.61. The Morgan fingerprint density at radius 1 is 1.20 bits per heavy atom. The van der Waals surface area contributed by atoms with Crippen LogP contribution in [0.25, 0.3) is 11.3 Å². The SMILES string of the molecule is CC(=O)N1CCCC[C@H]1c1cc(-c2cccc(C(=O)O)c2)nc(C)n1. The summed E-state index contributed by atoms with van der Waals surface area (Å²) in [6.45, 7) is 4.14. The number of likely N-dealkylation sites (tertiary alicyclic amines) is 1. The smallest absolute Gasteiger partial charge is 0.335 e. The summed E-state index contributed by atoms with van der Waals surface area (Å²) in [7, 11) is 0. The highest BCUT2D eigenvalue weighted by Gasteiger charge is 2.27. The number of piperidine rings is 1. The van der Waals surface area contributed by atoms with E-state index in [4.69, 9.17) is 0 Å². The molecule has 0 aliphatic carbocycles. The van der Waals surface area contributed by atoms with Crippen molar-refractivity contribution in [3.05, 3.63) is 47.4 Å². The summed E-state index contributed by atoms with van der Waals surface area (Å²) in [5.74, 6) is -0.305. The molecule has 1 aliphatic heterocycles. The Hall–Kier alpha value is -2.76. The first-order valence-corrected chi connectivity index (χ1v) is 8.42. The second kappa shape index (κ2) is 7.01. The molecule has 1 amide bonds. The van der Waals surface area contributed by atoms with E-state index in [0.717, 1.165) is 37.1 Å². The van der Waals surface area contributed by atoms with E-state index in [-0.39, 0.29) is 17.5 Å². The lowest BCUT2D eigenvalue weighted by atomic mass is 9.97. The molecule has 0 unspecified atom stereocenters. The van der Waals surface area contributed by atoms with Crippen LogP contribution in [0.3, 0.4) is 0 Å². The molecule has 2 aromatic rings. The second-order valence-corrected chi connectivity index (χ2v) is 6.34. The highest BCUT2D eigenvalue weighted by molar-refractivity contribution is 5.89. The van der Waals surface area contributed by atoms with Crippen molar-refractivity contribution in [2.75, 3.05) is 6.54 Å². The molecule has 0 spiro atoms. The first kappa shape index (κ1) is 17.1. The Morgan fingerprint density at radius 3 is 2.72 bits per heavy atom. The number of carboxylic acids is 1. The fraction of sp³-hybridized carbons (Fsp3) is 0.368. The number of aromatic nitrogens is 2. The van der Waals surface area contributed by atoms with Crippen LogP contribution in [0.15, 0.2) is 30.3 Å². The molecule has 25 heavy (non-hydrogen) atoms. The fourth-order valence-electron chi connectivity index (χ4n) is 3.34. The Morgan fingerprint density at radius 2 is 2.00 bits per heavy atom. The number of carbonyl (C=O) groups excluding carboxylic acids is 1. The molecule has 6 nitrogen and oxygen atoms in total. The van der Waals surface area contributed by atoms with Crippen molar-refractivity contribution in [2.45, 2.75) is 39.2 Å². The van der Waals surface area contributed by atoms with E-state index < -0.39 is 5.97 Å². The molecule has 1 N–H and O–H groups in total. The van der Waals surface area contributed by atoms with Crippen LogP contribution in [0.4, 0.5) is 0 Å². The topological polar surface area (TPSA) is 83.4 Å². The number of carbonyl (C=O) groups is 2. The molecular weight excluding hydrogens is 318 g/mol. The monoisotopic (exact) mass is 339 g/mol. The standard InChI is InChI=1S/C19H21N3O3/c1-12-20-16(14-6-5-7-15(10-14)19(24)25)11-17(21-12)18-8-3-4-9-22(18)13(2)23/h5-7,10-11,18H,3-4,8-9H2,1-2H3,(H,24,25)/t18-/m0/s1. The van der Waals surface area contributed by atoms with Gasteiger partial charge in [0.05, 0.1) is 23.0 Å². The van der Waals surface area contributed by atoms with Gasteiger partial charge < -0.3 is 10.0 Å². The van der Waals surface area contributed by atoms with Crippen LogP contribution < -0.4 is 0 Å². The van der Waals surface area contributed by atoms with Gasteiger partial charge in [-0.05, 0) is 44.4 Å². The molecule has 1 aliphatic rings. The quantitative estimate of drug-likeness (QED) is 0.928. The first-order chi connectivity index (χ1) is 12.0. The summed E-state index contributed by atoms with van der Waals surface area (Å²) >= 11 is 0. The summed E-state index contributed by atoms with van der Waals surface area (Å²) in [4.78, 5) is 34.0. The summed E-state index contributed by atoms with van der Waals surface area (Å²) in [5, 5.41) is 9.19. The zero-order valence-corrected chi connectivity index (χ0v) is 14.4. The van der Waals surface area contributed by atoms with Gasteiger partial charge in [0.15, 0.2) is 0 Å². The van der Waals surface area contributed by atoms with Crippen molar-refractivity contribution in [2.24, 2.45) is 0 Å². The molecule has 1 saturated heterocycles. The number of aryl methyl sites for hydroxylation is 1. The minimum atomic E-state index is -0.970. The Labute approximate surface area is 146 Å². The molecule has 0 bridgehead atoms. The molecule has 2 heterocycles. The van der Waals surface area contributed by atoms with E-state index in [1.807, 2.05) is 24.0 Å². The van der Waals surface area contributed by atoms with E-state index >= 15 is 0 Å². The second-order valence-electron chi connectivity index (χ2n) is 6.34. The van der Waals surface area contributed by atoms with Gasteiger partial charge in [0.1, 0.15) is 5.82 Å². The van der Waals surface area contributed by atoms with E-state index in [0.29, 0.717) is 11.5 Å². The molecule has 1 aromatic carbocycles. The average molecular weight is 339 g/mol. The summed E-state index contributed by atoms with van der Waals surface area (Å²) in [5.41, 5.74) is 2.45. The summed E-state index contributed by atoms with van der Waals surface area (Å²) in [6.07, 6.45) is 2.94. The maximum Gasteiger partial charge on any atom is 0.335 e. The molecular formula is C19H21N3O3. The number of rotatable bonds is 3. The number of benzene rings is 1. The summed E-state index contributed by atoms with van der Waals surface area (Å²) in [6, 6.07) is 8.53. The number of amides is 1. The molecule has 0 radical (unpaired) electrons. The van der Waals surface area contributed by atoms with Gasteiger partial charge in [-0.15, -0.1) is 0 Å². The van der Waals surface area contributed by atoms with E-state index in [9.17, 15) is 14.7 Å². The molecule has 130 valence electrons. The van der Waals surface area contributed by atoms with Crippen molar-refractivity contribution in [1.82, 2.24) is 14.9 Å². The van der Waals surface area contributed by atoms with Crippen LogP contribution in [0, 0.1) is 6.92 Å². The maximum absolute atomic E-state index is 12.0. The van der Waals surface area contributed by atoms with Crippen LogP contribution >= 0.6 is 0 Å². The maximum atomic E-state index is 12.0. The molecule has 0 saturated carbocycles. The zero-order chi connectivity index (χ0) is 18.0. The van der Waals surface area contributed by atoms with Crippen LogP contribution in [0.2, 0.25) is 0 Å². The van der Waals surface area contributed by atoms with Crippen LogP contribution in [0.5, 0.6) is 0 Å². The number of aromatic carboxylic acids is 1. The van der Waals surface area contributed by atoms with E-state index in [1.54, 1.807) is 25.1 Å². The lowest BCUT2D eigenvalue weighted by Crippen LogP contribution is -2.37. The highest BCUT2D eigenvalue weighted by Crippen LogP contribution is 2.31. The van der Waals surface area contributed by atoms with Gasteiger partial charge in [-0.3, -0.25) is 4.79 Å². The van der Waals surface area contributed by atoms with Crippen molar-refractivity contribution >= 4 is 11.9 Å². The van der Waals surface area contributed by atoms with Gasteiger partial charge in [-0.25, -0.2) is 14.8 Å². The largest absolute Gasteiger partial charge is 0.478 e. The third-order valence-corrected chi connectivity index (χ3v) is 4.51. The Balaban J connectivity index is 2.02. The van der Waals surface area contributed by atoms with Crippen molar-refractivity contribution in [1.29, 1.82) is 0 Å². The van der Waals surface area contributed by atoms with Gasteiger partial charge in [0, 0.05) is 19.0 Å². The van der Waals surface area contributed by atoms with Gasteiger partial charge >= 0.3 is 5.97 Å². The lowest BCUT2D eigenvalue weighted by molar-refractivity contribution is -0.132. The van der Waals surface area contributed by atoms with Crippen LogP contribution in [0.1, 0.15) is 54.1 Å². The number of hydrogen-bond acceptors (Lipinski definition) is 4. The predicted octanol–water partition coefficient (Wildman–Crippen LogP) is 3.22. The highest BCUT2D eigenvalue weighted by atomic mass is 16.4. The number of nitrogens with zero attached hydrogens (tertiary/aromatic N) is 3. The summed E-state index contributed by atoms with van der Waals surface area (Å²) < 4.78 is 0. The molecule has 1 fully saturated rings. The van der Waals surface area contributed by atoms with Gasteiger partial charge in [0.2, 0.25) is 5.91 Å². The van der Waals surface area contributed by atoms with Gasteiger partial charge in [-0.1, -0.05) is 12.1 Å². The first-order valence-electron chi connectivity index (χ1n) is 8.42. The van der Waals surface area contributed by atoms with Crippen molar-refractivity contribution in [3.8, 4) is 11.3 Å². The minimum Gasteiger partial charge on any atom is -0.478 e. The number of carboxylic acid groups (broad SMARTS) is 1. The normalized spacial score (nSPS) is 17.4. The zero-order valence-electron chi connectivity index (χ0n) is 14.4. The Bertz CT molecular complexity index is 819. The molecule has 6 heteroatoms. The van der Waals surface area contributed by atoms with E-state index in [1.165, 1.54) is 0 Å². The third kappa shape index (κ3) is 3.68. The minimum absolute atomic E-state index is 0.0469. The number of hydrogen-bond donors (Lipinski definition) is 1. The van der Waals surface area contributed by atoms with Crippen molar-refractivity contribution < 1.29 is 14.7 Å². The predicted molar refractivity (Wildman–Crippen MR) is 93.1 cm³/mol. The van der Waals surface area contributed by atoms with Crippen LogP contribution in [-0.2, 0) is 4.79 Å². The Kier molecular flexibility index (Phi) is 4.79. The van der Waals surface area contributed by atoms with Gasteiger partial charge in [-0.2, -0.15) is 0 Å². The van der Waals surface area contributed by atoms with E-state index in [2.05, 4.69) is 9.97 Å². The van der Waals surface area contributed by atoms with Crippen molar-refractivity contribution in [3.63, 3.8) is 0 Å². The molecule has 3 rings (SSSR count). The molecule has 1 aromatic heterocycles.